The van der Waals surface area contributed by atoms with E-state index in [-0.39, 0.29) is 5.91 Å². The molecule has 0 radical (unpaired) electrons. The third-order valence-corrected chi connectivity index (χ3v) is 7.19. The summed E-state index contributed by atoms with van der Waals surface area (Å²) in [5.41, 5.74) is 4.65. The zero-order chi connectivity index (χ0) is 24.0. The van der Waals surface area contributed by atoms with Crippen molar-refractivity contribution in [1.82, 2.24) is 14.8 Å². The molecule has 1 saturated heterocycles. The number of aromatic nitrogens is 1. The molecule has 0 unspecified atom stereocenters. The van der Waals surface area contributed by atoms with E-state index >= 15 is 0 Å². The number of hydrogen-bond donors (Lipinski definition) is 0. The van der Waals surface area contributed by atoms with Gasteiger partial charge in [0.15, 0.2) is 5.58 Å². The lowest BCUT2D eigenvalue weighted by atomic mass is 10.1. The van der Waals surface area contributed by atoms with Crippen molar-refractivity contribution in [3.63, 3.8) is 0 Å². The number of hydrogen-bond acceptors (Lipinski definition) is 6. The van der Waals surface area contributed by atoms with Crippen molar-refractivity contribution in [2.75, 3.05) is 33.3 Å². The van der Waals surface area contributed by atoms with Gasteiger partial charge in [-0.15, -0.1) is 0 Å². The van der Waals surface area contributed by atoms with Crippen molar-refractivity contribution in [3.8, 4) is 5.75 Å². The fraction of sp³-hybridized carbons (Fsp3) is 0.286. The number of nitrogens with zero attached hydrogens (tertiary/aromatic N) is 3. The second-order valence-corrected chi connectivity index (χ2v) is 9.59. The van der Waals surface area contributed by atoms with E-state index < -0.39 is 0 Å². The molecule has 1 aliphatic rings. The molecule has 3 aromatic carbocycles. The van der Waals surface area contributed by atoms with Crippen LogP contribution in [0.3, 0.4) is 0 Å². The molecule has 0 bridgehead atoms. The Kier molecular flexibility index (Phi) is 7.35. The van der Waals surface area contributed by atoms with Crippen LogP contribution in [0.15, 0.2) is 82.4 Å². The minimum absolute atomic E-state index is 0.102. The Labute approximate surface area is 209 Å². The number of thioether (sulfide) groups is 1. The highest BCUT2D eigenvalue weighted by Gasteiger charge is 2.22. The number of carbonyl (C=O) groups excluding carboxylic acids is 1. The van der Waals surface area contributed by atoms with Crippen LogP contribution in [0.4, 0.5) is 0 Å². The zero-order valence-corrected chi connectivity index (χ0v) is 20.7. The smallest absolute Gasteiger partial charge is 0.257 e. The molecule has 1 amide bonds. The van der Waals surface area contributed by atoms with Crippen molar-refractivity contribution < 1.29 is 13.9 Å². The molecule has 0 saturated carbocycles. The van der Waals surface area contributed by atoms with Gasteiger partial charge in [0.2, 0.25) is 0 Å². The van der Waals surface area contributed by atoms with Gasteiger partial charge in [-0.2, -0.15) is 0 Å². The first kappa shape index (κ1) is 23.5. The predicted molar refractivity (Wildman–Crippen MR) is 139 cm³/mol. The van der Waals surface area contributed by atoms with Crippen molar-refractivity contribution in [2.45, 2.75) is 23.9 Å². The lowest BCUT2D eigenvalue weighted by Crippen LogP contribution is -2.35. The van der Waals surface area contributed by atoms with E-state index in [1.54, 1.807) is 7.11 Å². The molecule has 180 valence electrons. The van der Waals surface area contributed by atoms with E-state index in [4.69, 9.17) is 9.15 Å². The second-order valence-electron chi connectivity index (χ2n) is 8.66. The maximum Gasteiger partial charge on any atom is 0.257 e. The summed E-state index contributed by atoms with van der Waals surface area (Å²) in [6.07, 6.45) is 0.960. The first-order chi connectivity index (χ1) is 17.2. The van der Waals surface area contributed by atoms with Gasteiger partial charge in [-0.25, -0.2) is 4.98 Å². The molecule has 1 aromatic heterocycles. The number of methoxy groups -OCH3 is 1. The number of rotatable bonds is 7. The van der Waals surface area contributed by atoms with E-state index in [0.717, 1.165) is 67.1 Å². The fourth-order valence-corrected chi connectivity index (χ4v) is 5.24. The first-order valence-electron chi connectivity index (χ1n) is 11.9. The highest BCUT2D eigenvalue weighted by atomic mass is 32.2. The third-order valence-electron chi connectivity index (χ3n) is 6.31. The standard InChI is InChI=1S/C28H29N3O3S/c1-33-23-13-11-21(12-14-23)19-30-15-6-16-31(18-17-30)27(32)24-8-3-2-7-22(24)20-35-28-29-25-9-4-5-10-26(25)34-28/h2-5,7-14H,6,15-20H2,1H3. The van der Waals surface area contributed by atoms with E-state index in [1.807, 2.05) is 65.6 Å². The molecule has 2 heterocycles. The van der Waals surface area contributed by atoms with Crippen LogP contribution in [0.1, 0.15) is 27.9 Å². The molecule has 1 fully saturated rings. The average molecular weight is 488 g/mol. The zero-order valence-electron chi connectivity index (χ0n) is 19.9. The molecule has 0 atom stereocenters. The molecule has 1 aliphatic heterocycles. The van der Waals surface area contributed by atoms with Crippen LogP contribution in [0.25, 0.3) is 11.1 Å². The van der Waals surface area contributed by atoms with E-state index in [1.165, 1.54) is 17.3 Å². The molecule has 35 heavy (non-hydrogen) atoms. The van der Waals surface area contributed by atoms with Gasteiger partial charge in [0, 0.05) is 44.0 Å². The van der Waals surface area contributed by atoms with Gasteiger partial charge in [-0.3, -0.25) is 9.69 Å². The van der Waals surface area contributed by atoms with Crippen LogP contribution < -0.4 is 4.74 Å². The Morgan fingerprint density at radius 1 is 0.971 bits per heavy atom. The van der Waals surface area contributed by atoms with Crippen molar-refractivity contribution >= 4 is 28.8 Å². The van der Waals surface area contributed by atoms with Gasteiger partial charge < -0.3 is 14.1 Å². The quantitative estimate of drug-likeness (QED) is 0.322. The maximum absolute atomic E-state index is 13.5. The van der Waals surface area contributed by atoms with Crippen LogP contribution in [-0.4, -0.2) is 54.0 Å². The molecular formula is C28H29N3O3S. The fourth-order valence-electron chi connectivity index (χ4n) is 4.40. The Bertz CT molecular complexity index is 1260. The number of fused-ring (bicyclic) bond motifs is 1. The summed E-state index contributed by atoms with van der Waals surface area (Å²) in [4.78, 5) is 22.5. The Hall–Kier alpha value is -3.29. The van der Waals surface area contributed by atoms with Crippen LogP contribution in [0.2, 0.25) is 0 Å². The van der Waals surface area contributed by atoms with Gasteiger partial charge >= 0.3 is 0 Å². The van der Waals surface area contributed by atoms with E-state index in [2.05, 4.69) is 22.0 Å². The number of carbonyl (C=O) groups is 1. The molecule has 7 heteroatoms. The molecular weight excluding hydrogens is 458 g/mol. The van der Waals surface area contributed by atoms with E-state index in [9.17, 15) is 4.79 Å². The summed E-state index contributed by atoms with van der Waals surface area (Å²) >= 11 is 1.52. The van der Waals surface area contributed by atoms with Crippen molar-refractivity contribution in [3.05, 3.63) is 89.5 Å². The summed E-state index contributed by atoms with van der Waals surface area (Å²) in [6, 6.07) is 23.8. The summed E-state index contributed by atoms with van der Waals surface area (Å²) < 4.78 is 11.1. The molecule has 0 spiro atoms. The summed E-state index contributed by atoms with van der Waals surface area (Å²) in [6.45, 7) is 4.21. The minimum Gasteiger partial charge on any atom is -0.497 e. The third kappa shape index (κ3) is 5.69. The second kappa shape index (κ2) is 11.0. The Balaban J connectivity index is 1.22. The van der Waals surface area contributed by atoms with Gasteiger partial charge in [-0.1, -0.05) is 54.2 Å². The number of ether oxygens (including phenoxy) is 1. The lowest BCUT2D eigenvalue weighted by Gasteiger charge is -2.23. The Morgan fingerprint density at radius 3 is 2.60 bits per heavy atom. The van der Waals surface area contributed by atoms with Crippen molar-refractivity contribution in [2.24, 2.45) is 0 Å². The highest BCUT2D eigenvalue weighted by Crippen LogP contribution is 2.28. The van der Waals surface area contributed by atoms with Gasteiger partial charge in [0.25, 0.3) is 11.1 Å². The number of para-hydroxylation sites is 2. The topological polar surface area (TPSA) is 58.8 Å². The summed E-state index contributed by atoms with van der Waals surface area (Å²) in [7, 11) is 1.68. The predicted octanol–water partition coefficient (Wildman–Crippen LogP) is 5.48. The molecule has 0 N–H and O–H groups in total. The number of benzene rings is 3. The maximum atomic E-state index is 13.5. The van der Waals surface area contributed by atoms with Crippen LogP contribution in [0, 0.1) is 0 Å². The summed E-state index contributed by atoms with van der Waals surface area (Å²) in [5, 5.41) is 0.623. The average Bonchev–Trinajstić information content (AvgIpc) is 3.18. The molecule has 6 nitrogen and oxygen atoms in total. The number of amides is 1. The lowest BCUT2D eigenvalue weighted by molar-refractivity contribution is 0.0760. The SMILES string of the molecule is COc1ccc(CN2CCCN(C(=O)c3ccccc3CSc3nc4ccccc4o3)CC2)cc1. The molecule has 0 aliphatic carbocycles. The van der Waals surface area contributed by atoms with Crippen LogP contribution >= 0.6 is 11.8 Å². The van der Waals surface area contributed by atoms with Gasteiger partial charge in [0.1, 0.15) is 11.3 Å². The normalized spacial score (nSPS) is 14.7. The van der Waals surface area contributed by atoms with Crippen LogP contribution in [0.5, 0.6) is 5.75 Å². The summed E-state index contributed by atoms with van der Waals surface area (Å²) in [5.74, 6) is 1.60. The van der Waals surface area contributed by atoms with Crippen molar-refractivity contribution in [1.29, 1.82) is 0 Å². The first-order valence-corrected chi connectivity index (χ1v) is 12.9. The van der Waals surface area contributed by atoms with E-state index in [0.29, 0.717) is 11.0 Å². The highest BCUT2D eigenvalue weighted by molar-refractivity contribution is 7.98. The number of oxazole rings is 1. The monoisotopic (exact) mass is 487 g/mol. The largest absolute Gasteiger partial charge is 0.497 e. The molecule has 4 aromatic rings. The van der Waals surface area contributed by atoms with Gasteiger partial charge in [0.05, 0.1) is 7.11 Å². The Morgan fingerprint density at radius 2 is 1.77 bits per heavy atom. The molecule has 5 rings (SSSR count). The minimum atomic E-state index is 0.102. The van der Waals surface area contributed by atoms with Gasteiger partial charge in [-0.05, 0) is 47.9 Å². The van der Waals surface area contributed by atoms with Crippen LogP contribution in [-0.2, 0) is 12.3 Å².